The Morgan fingerprint density at radius 2 is 1.67 bits per heavy atom. The highest BCUT2D eigenvalue weighted by molar-refractivity contribution is 5.10. The molecule has 0 heterocycles. The van der Waals surface area contributed by atoms with Crippen LogP contribution in [0.3, 0.4) is 0 Å². The topological polar surface area (TPSA) is 80.9 Å². The summed E-state index contributed by atoms with van der Waals surface area (Å²) in [5, 5.41) is 41.8. The summed E-state index contributed by atoms with van der Waals surface area (Å²) in [4.78, 5) is 0. The maximum Gasteiger partial charge on any atom is 0.0961 e. The molecule has 2 aliphatic rings. The molecule has 2 aliphatic carbocycles. The van der Waals surface area contributed by atoms with Crippen molar-refractivity contribution in [3.8, 4) is 0 Å². The van der Waals surface area contributed by atoms with Gasteiger partial charge in [0.2, 0.25) is 0 Å². The van der Waals surface area contributed by atoms with Crippen LogP contribution in [-0.4, -0.2) is 43.8 Å². The Morgan fingerprint density at radius 1 is 1.06 bits per heavy atom. The van der Waals surface area contributed by atoms with Crippen LogP contribution in [0.25, 0.3) is 0 Å². The fraction of sp³-hybridized carbons (Fsp3) is 1.00. The molecule has 0 unspecified atom stereocenters. The Balaban J connectivity index is 2.40. The van der Waals surface area contributed by atoms with Gasteiger partial charge < -0.3 is 20.4 Å². The van der Waals surface area contributed by atoms with Crippen molar-refractivity contribution in [3.05, 3.63) is 0 Å². The van der Waals surface area contributed by atoms with Gasteiger partial charge in [-0.25, -0.2) is 0 Å². The lowest BCUT2D eigenvalue weighted by Gasteiger charge is -2.41. The first-order valence-corrected chi connectivity index (χ1v) is 7.01. The highest BCUT2D eigenvalue weighted by atomic mass is 16.4. The summed E-state index contributed by atoms with van der Waals surface area (Å²) in [5.74, 6) is 0.0222. The number of hydrogen-bond donors (Lipinski definition) is 4. The molecule has 106 valence electrons. The summed E-state index contributed by atoms with van der Waals surface area (Å²) in [6.45, 7) is 5.73. The molecule has 0 aromatic carbocycles. The van der Waals surface area contributed by atoms with Gasteiger partial charge in [-0.1, -0.05) is 13.8 Å². The SMILES string of the molecule is CC(C)[C@@H]1CC[C@]2(O)[C@H]1[C@@H](O)[C@@](C)(O)CC[C@H]2O. The van der Waals surface area contributed by atoms with Crippen molar-refractivity contribution in [1.82, 2.24) is 0 Å². The van der Waals surface area contributed by atoms with Gasteiger partial charge in [0.15, 0.2) is 0 Å². The molecule has 2 fully saturated rings. The molecule has 0 spiro atoms. The largest absolute Gasteiger partial charge is 0.390 e. The molecule has 0 amide bonds. The van der Waals surface area contributed by atoms with Crippen molar-refractivity contribution >= 4 is 0 Å². The zero-order valence-corrected chi connectivity index (χ0v) is 11.5. The maximum atomic E-state index is 10.8. The molecular formula is C14H26O4. The van der Waals surface area contributed by atoms with Crippen molar-refractivity contribution in [2.75, 3.05) is 0 Å². The second-order valence-corrected chi connectivity index (χ2v) is 6.82. The number of hydrogen-bond acceptors (Lipinski definition) is 4. The van der Waals surface area contributed by atoms with E-state index < -0.39 is 29.3 Å². The first-order valence-electron chi connectivity index (χ1n) is 7.01. The summed E-state index contributed by atoms with van der Waals surface area (Å²) in [6, 6.07) is 0. The molecule has 6 atom stereocenters. The summed E-state index contributed by atoms with van der Waals surface area (Å²) in [7, 11) is 0. The minimum atomic E-state index is -1.24. The highest BCUT2D eigenvalue weighted by Gasteiger charge is 2.59. The monoisotopic (exact) mass is 258 g/mol. The van der Waals surface area contributed by atoms with Gasteiger partial charge in [-0.15, -0.1) is 0 Å². The summed E-state index contributed by atoms with van der Waals surface area (Å²) in [6.07, 6.45) is 0.128. The number of aliphatic hydroxyl groups excluding tert-OH is 2. The molecular weight excluding hydrogens is 232 g/mol. The lowest BCUT2D eigenvalue weighted by atomic mass is 9.73. The predicted molar refractivity (Wildman–Crippen MR) is 67.9 cm³/mol. The molecule has 0 aliphatic heterocycles. The Labute approximate surface area is 109 Å². The number of fused-ring (bicyclic) bond motifs is 1. The molecule has 2 rings (SSSR count). The molecule has 0 radical (unpaired) electrons. The molecule has 4 nitrogen and oxygen atoms in total. The zero-order chi connectivity index (χ0) is 13.7. The molecule has 0 aromatic rings. The summed E-state index contributed by atoms with van der Waals surface area (Å²) >= 11 is 0. The van der Waals surface area contributed by atoms with Gasteiger partial charge >= 0.3 is 0 Å². The van der Waals surface area contributed by atoms with Gasteiger partial charge in [0, 0.05) is 5.92 Å². The third-order valence-electron chi connectivity index (χ3n) is 5.25. The second-order valence-electron chi connectivity index (χ2n) is 6.82. The second kappa shape index (κ2) is 4.44. The quantitative estimate of drug-likeness (QED) is 0.557. The Hall–Kier alpha value is -0.160. The van der Waals surface area contributed by atoms with Crippen LogP contribution in [0.5, 0.6) is 0 Å². The lowest BCUT2D eigenvalue weighted by molar-refractivity contribution is -0.157. The Kier molecular flexibility index (Phi) is 3.52. The lowest BCUT2D eigenvalue weighted by Crippen LogP contribution is -2.54. The fourth-order valence-corrected chi connectivity index (χ4v) is 3.97. The van der Waals surface area contributed by atoms with E-state index in [0.29, 0.717) is 25.2 Å². The average Bonchev–Trinajstić information content (AvgIpc) is 2.61. The van der Waals surface area contributed by atoms with Crippen LogP contribution in [0.4, 0.5) is 0 Å². The van der Waals surface area contributed by atoms with Gasteiger partial charge in [-0.2, -0.15) is 0 Å². The Bertz CT molecular complexity index is 315. The molecule has 4 N–H and O–H groups in total. The van der Waals surface area contributed by atoms with Crippen molar-refractivity contribution in [2.45, 2.75) is 69.9 Å². The third kappa shape index (κ3) is 1.99. The van der Waals surface area contributed by atoms with Gasteiger partial charge in [-0.05, 0) is 44.4 Å². The van der Waals surface area contributed by atoms with Crippen molar-refractivity contribution < 1.29 is 20.4 Å². The van der Waals surface area contributed by atoms with E-state index in [-0.39, 0.29) is 5.92 Å². The minimum Gasteiger partial charge on any atom is -0.390 e. The van der Waals surface area contributed by atoms with Crippen molar-refractivity contribution in [2.24, 2.45) is 17.8 Å². The number of rotatable bonds is 1. The predicted octanol–water partition coefficient (Wildman–Crippen LogP) is 0.666. The van der Waals surface area contributed by atoms with Crippen LogP contribution in [0.2, 0.25) is 0 Å². The van der Waals surface area contributed by atoms with Crippen LogP contribution in [-0.2, 0) is 0 Å². The van der Waals surface area contributed by atoms with Gasteiger partial charge in [0.05, 0.1) is 23.4 Å². The fourth-order valence-electron chi connectivity index (χ4n) is 3.97. The Morgan fingerprint density at radius 3 is 2.22 bits per heavy atom. The molecule has 4 heteroatoms. The molecule has 0 bridgehead atoms. The third-order valence-corrected chi connectivity index (χ3v) is 5.25. The van der Waals surface area contributed by atoms with Gasteiger partial charge in [0.1, 0.15) is 0 Å². The van der Waals surface area contributed by atoms with E-state index >= 15 is 0 Å². The highest BCUT2D eigenvalue weighted by Crippen LogP contribution is 2.52. The maximum absolute atomic E-state index is 10.8. The first-order chi connectivity index (χ1) is 8.20. The normalized spacial score (nSPS) is 53.3. The summed E-state index contributed by atoms with van der Waals surface area (Å²) < 4.78 is 0. The van der Waals surface area contributed by atoms with Gasteiger partial charge in [0.25, 0.3) is 0 Å². The van der Waals surface area contributed by atoms with Crippen molar-refractivity contribution in [3.63, 3.8) is 0 Å². The van der Waals surface area contributed by atoms with E-state index in [9.17, 15) is 20.4 Å². The van der Waals surface area contributed by atoms with E-state index in [1.165, 1.54) is 0 Å². The van der Waals surface area contributed by atoms with Crippen LogP contribution in [0, 0.1) is 17.8 Å². The average molecular weight is 258 g/mol. The van der Waals surface area contributed by atoms with E-state index in [2.05, 4.69) is 13.8 Å². The molecule has 0 aromatic heterocycles. The molecule has 0 saturated heterocycles. The van der Waals surface area contributed by atoms with E-state index in [4.69, 9.17) is 0 Å². The summed E-state index contributed by atoms with van der Waals surface area (Å²) in [5.41, 5.74) is -2.47. The van der Waals surface area contributed by atoms with Crippen LogP contribution < -0.4 is 0 Å². The van der Waals surface area contributed by atoms with Crippen molar-refractivity contribution in [1.29, 1.82) is 0 Å². The first kappa shape index (κ1) is 14.3. The van der Waals surface area contributed by atoms with Gasteiger partial charge in [-0.3, -0.25) is 0 Å². The molecule has 2 saturated carbocycles. The van der Waals surface area contributed by atoms with E-state index in [1.807, 2.05) is 0 Å². The van der Waals surface area contributed by atoms with Crippen LogP contribution >= 0.6 is 0 Å². The molecule has 18 heavy (non-hydrogen) atoms. The standard InChI is InChI=1S/C14H26O4/c1-8(2)9-4-7-14(18)10(15)5-6-13(3,17)12(16)11(9)14/h8-12,15-18H,4-7H2,1-3H3/t9-,10+,11+,12+,13-,14+/m0/s1. The van der Waals surface area contributed by atoms with Crippen LogP contribution in [0.15, 0.2) is 0 Å². The van der Waals surface area contributed by atoms with E-state index in [0.717, 1.165) is 6.42 Å². The smallest absolute Gasteiger partial charge is 0.0961 e. The van der Waals surface area contributed by atoms with Crippen LogP contribution in [0.1, 0.15) is 46.5 Å². The number of aliphatic hydroxyl groups is 4. The zero-order valence-electron chi connectivity index (χ0n) is 11.5. The van der Waals surface area contributed by atoms with E-state index in [1.54, 1.807) is 6.92 Å². The minimum absolute atomic E-state index is 0.143.